The van der Waals surface area contributed by atoms with Crippen LogP contribution in [0.4, 0.5) is 0 Å². The second kappa shape index (κ2) is 30.8. The van der Waals surface area contributed by atoms with Gasteiger partial charge in [-0.3, -0.25) is 0 Å². The smallest absolute Gasteiger partial charge is 0.333 e. The zero-order valence-corrected chi connectivity index (χ0v) is 56.5. The molecule has 0 amide bonds. The van der Waals surface area contributed by atoms with E-state index >= 15 is 0 Å². The highest BCUT2D eigenvalue weighted by Crippen LogP contribution is 2.59. The Hall–Kier alpha value is -5.53. The average Bonchev–Trinajstić information content (AvgIpc) is 1.59. The number of hydrogen-bond donors (Lipinski definition) is 0. The molecule has 0 saturated carbocycles. The first-order valence-corrected chi connectivity index (χ1v) is 36.7. The van der Waals surface area contributed by atoms with E-state index in [9.17, 15) is 4.79 Å². The molecule has 0 radical (unpaired) electrons. The van der Waals surface area contributed by atoms with Gasteiger partial charge in [-0.15, -0.1) is 34.0 Å². The number of hydrogen-bond acceptors (Lipinski definition) is 6. The van der Waals surface area contributed by atoms with Gasteiger partial charge in [-0.05, 0) is 185 Å². The van der Waals surface area contributed by atoms with E-state index in [4.69, 9.17) is 9.47 Å². The molecule has 3 heterocycles. The van der Waals surface area contributed by atoms with Gasteiger partial charge in [0.05, 0.1) is 13.2 Å². The Balaban J connectivity index is 0.833. The fourth-order valence-electron chi connectivity index (χ4n) is 14.6. The lowest BCUT2D eigenvalue weighted by Crippen LogP contribution is -2.31. The van der Waals surface area contributed by atoms with Crippen molar-refractivity contribution in [2.24, 2.45) is 5.92 Å². The minimum absolute atomic E-state index is 0.0696. The van der Waals surface area contributed by atoms with Crippen molar-refractivity contribution in [3.8, 4) is 69.8 Å². The summed E-state index contributed by atoms with van der Waals surface area (Å²) in [5.41, 5.74) is 19.2. The van der Waals surface area contributed by atoms with Crippen LogP contribution in [0.25, 0.3) is 73.4 Å². The Morgan fingerprint density at radius 2 is 0.851 bits per heavy atom. The Morgan fingerprint density at radius 3 is 1.38 bits per heavy atom. The Kier molecular flexibility index (Phi) is 22.8. The second-order valence-electron chi connectivity index (χ2n) is 26.3. The lowest BCUT2D eigenvalue weighted by molar-refractivity contribution is -0.139. The third-order valence-corrected chi connectivity index (χ3v) is 23.2. The molecule has 0 spiro atoms. The molecule has 0 N–H and O–H groups in total. The third-order valence-electron chi connectivity index (χ3n) is 19.6. The van der Waals surface area contributed by atoms with Crippen LogP contribution in [-0.4, -0.2) is 19.2 Å². The van der Waals surface area contributed by atoms with Gasteiger partial charge in [0.25, 0.3) is 0 Å². The fraction of sp³-hybridized carbons (Fsp3) is 0.469. The van der Waals surface area contributed by atoms with Gasteiger partial charge in [0.2, 0.25) is 0 Å². The number of unbranched alkanes of at least 4 members (excludes halogenated alkanes) is 19. The Labute approximate surface area is 536 Å². The molecule has 1 unspecified atom stereocenters. The van der Waals surface area contributed by atoms with Crippen molar-refractivity contribution in [2.45, 2.75) is 226 Å². The topological polar surface area (TPSA) is 35.5 Å². The molecule has 0 bridgehead atoms. The second-order valence-corrected chi connectivity index (χ2v) is 29.5. The maximum Gasteiger partial charge on any atom is 0.333 e. The fourth-order valence-corrected chi connectivity index (χ4v) is 18.0. The Morgan fingerprint density at radius 1 is 0.437 bits per heavy atom. The van der Waals surface area contributed by atoms with Crippen LogP contribution < -0.4 is 4.74 Å². The molecule has 0 fully saturated rings. The van der Waals surface area contributed by atoms with Gasteiger partial charge in [-0.2, -0.15) is 0 Å². The van der Waals surface area contributed by atoms with Crippen LogP contribution in [0.3, 0.4) is 0 Å². The van der Waals surface area contributed by atoms with Gasteiger partial charge in [0.1, 0.15) is 5.75 Å². The highest BCUT2D eigenvalue weighted by atomic mass is 32.1. The first-order valence-electron chi connectivity index (χ1n) is 34.2. The zero-order valence-electron chi connectivity index (χ0n) is 54.1. The molecule has 6 heteroatoms. The minimum Gasteiger partial charge on any atom is -0.494 e. The van der Waals surface area contributed by atoms with Crippen molar-refractivity contribution in [3.05, 3.63) is 161 Å². The van der Waals surface area contributed by atoms with E-state index in [-0.39, 0.29) is 16.8 Å². The highest BCUT2D eigenvalue weighted by Gasteiger charge is 2.46. The molecule has 2 aliphatic carbocycles. The molecule has 3 nitrogen and oxygen atoms in total. The van der Waals surface area contributed by atoms with E-state index < -0.39 is 0 Å². The lowest BCUT2D eigenvalue weighted by Gasteiger charge is -2.37. The van der Waals surface area contributed by atoms with Gasteiger partial charge < -0.3 is 9.47 Å². The molecule has 460 valence electrons. The highest BCUT2D eigenvalue weighted by molar-refractivity contribution is 7.31. The number of carbonyl (C=O) groups is 1. The van der Waals surface area contributed by atoms with E-state index in [1.54, 1.807) is 18.1 Å². The van der Waals surface area contributed by atoms with Crippen molar-refractivity contribution < 1.29 is 14.3 Å². The quantitative estimate of drug-likeness (QED) is 0.0223. The predicted molar refractivity (Wildman–Crippen MR) is 380 cm³/mol. The number of carbonyl (C=O) groups excluding carboxylic acids is 1. The van der Waals surface area contributed by atoms with Gasteiger partial charge in [-0.25, -0.2) is 4.79 Å². The number of esters is 1. The van der Waals surface area contributed by atoms with E-state index in [2.05, 4.69) is 169 Å². The molecular formula is C81H100O3S3. The van der Waals surface area contributed by atoms with Crippen LogP contribution in [0.2, 0.25) is 0 Å². The van der Waals surface area contributed by atoms with Crippen LogP contribution in [0, 0.1) is 12.8 Å². The van der Waals surface area contributed by atoms with E-state index in [1.165, 1.54) is 231 Å². The molecular weight excluding hydrogens is 1120 g/mol. The van der Waals surface area contributed by atoms with Crippen LogP contribution in [0.5, 0.6) is 5.75 Å². The summed E-state index contributed by atoms with van der Waals surface area (Å²) in [5.74, 6) is 1.09. The summed E-state index contributed by atoms with van der Waals surface area (Å²) in [5, 5.41) is 0. The van der Waals surface area contributed by atoms with Crippen LogP contribution >= 0.6 is 34.0 Å². The summed E-state index contributed by atoms with van der Waals surface area (Å²) in [4.78, 5) is 16.9. The maximum absolute atomic E-state index is 11.5. The lowest BCUT2D eigenvalue weighted by atomic mass is 9.66. The van der Waals surface area contributed by atoms with Gasteiger partial charge >= 0.3 is 5.97 Å². The first-order chi connectivity index (χ1) is 42.5. The summed E-state index contributed by atoms with van der Waals surface area (Å²) in [6.45, 7) is 20.9. The third kappa shape index (κ3) is 14.9. The van der Waals surface area contributed by atoms with E-state index in [0.717, 1.165) is 38.0 Å². The Bertz CT molecular complexity index is 3500. The summed E-state index contributed by atoms with van der Waals surface area (Å²) < 4.78 is 14.2. The molecule has 0 aliphatic heterocycles. The molecule has 8 aromatic rings. The summed E-state index contributed by atoms with van der Waals surface area (Å²) in [6.07, 6.45) is 32.6. The van der Waals surface area contributed by atoms with E-state index in [1.807, 2.05) is 34.0 Å². The van der Waals surface area contributed by atoms with Crippen LogP contribution in [0.1, 0.15) is 236 Å². The van der Waals surface area contributed by atoms with Crippen LogP contribution in [-0.2, 0) is 20.4 Å². The molecule has 2 aliphatic rings. The predicted octanol–water partition coefficient (Wildman–Crippen LogP) is 25.9. The first kappa shape index (κ1) is 64.5. The van der Waals surface area contributed by atoms with E-state index in [0.29, 0.717) is 18.1 Å². The maximum atomic E-state index is 11.5. The minimum atomic E-state index is -0.280. The standard InChI is InChI=1S/C81H100O3S3/c1-9-12-15-17-23-28-46-80(47-29-24-18-16-13-10-2)69-51-59(8)32-40-65(69)66-41-36-62(52-70(66)80)75-55-77-78(86-75)56-76(87-77)63-37-43-68-67-42-35-61(53-71(67)81(58(6)7,72(68)54-63)48-27-14-11-3)74-45-44-73(85-74)60-33-38-64(39-34-60)83-49-30-25-21-19-20-22-26-31-50-84-79(82)57(4)5/h32-45,51-56,58H,4,9-31,46-50H2,1-3,5-8H3. The molecule has 0 saturated heterocycles. The number of thiophene rings is 3. The number of aryl methyl sites for hydroxylation is 1. The van der Waals surface area contributed by atoms with Gasteiger partial charge in [0.15, 0.2) is 0 Å². The molecule has 87 heavy (non-hydrogen) atoms. The van der Waals surface area contributed by atoms with Crippen molar-refractivity contribution in [1.29, 1.82) is 0 Å². The molecule has 3 aromatic heterocycles. The van der Waals surface area contributed by atoms with Gasteiger partial charge in [0, 0.05) is 45.3 Å². The summed E-state index contributed by atoms with van der Waals surface area (Å²) in [7, 11) is 0. The van der Waals surface area contributed by atoms with Crippen molar-refractivity contribution in [1.82, 2.24) is 0 Å². The largest absolute Gasteiger partial charge is 0.494 e. The van der Waals surface area contributed by atoms with Crippen LogP contribution in [0.15, 0.2) is 133 Å². The molecule has 5 aromatic carbocycles. The monoisotopic (exact) mass is 1220 g/mol. The normalized spacial score (nSPS) is 14.6. The van der Waals surface area contributed by atoms with Crippen molar-refractivity contribution >= 4 is 49.4 Å². The summed E-state index contributed by atoms with van der Waals surface area (Å²) >= 11 is 5.88. The molecule has 1 atom stereocenters. The number of ether oxygens (including phenoxy) is 2. The van der Waals surface area contributed by atoms with Gasteiger partial charge in [-0.1, -0.05) is 236 Å². The van der Waals surface area contributed by atoms with Crippen molar-refractivity contribution in [3.63, 3.8) is 0 Å². The molecule has 10 rings (SSSR count). The number of fused-ring (bicyclic) bond motifs is 7. The number of benzene rings is 5. The average molecular weight is 1220 g/mol. The zero-order chi connectivity index (χ0) is 60.8. The summed E-state index contributed by atoms with van der Waals surface area (Å²) in [6, 6.07) is 48.3. The van der Waals surface area contributed by atoms with Crippen molar-refractivity contribution in [2.75, 3.05) is 13.2 Å². The SMILES string of the molecule is C=C(C)C(=O)OCCCCCCCCCCOc1ccc(-c2ccc(-c3ccc4c(c3)C(CCCCC)(C(C)C)c3cc(-c5cc6sc(-c7ccc8c(c7)C(CCCCCCCC)(CCCCCCCC)c7cc(C)ccc7-8)cc6s5)ccc3-4)s2)cc1. The number of rotatable bonds is 36.